The van der Waals surface area contributed by atoms with Crippen molar-refractivity contribution >= 4 is 21.6 Å². The molecule has 104 valence electrons. The highest BCUT2D eigenvalue weighted by Crippen LogP contribution is 2.27. The molecule has 1 rings (SSSR count). The maximum atomic E-state index is 14.1. The van der Waals surface area contributed by atoms with Crippen molar-refractivity contribution in [1.29, 1.82) is 5.26 Å². The first-order chi connectivity index (χ1) is 9.01. The zero-order valence-electron chi connectivity index (χ0n) is 11.3. The number of halogens is 2. The second-order valence-corrected chi connectivity index (χ2v) is 5.35. The highest BCUT2D eigenvalue weighted by molar-refractivity contribution is 9.10. The summed E-state index contributed by atoms with van der Waals surface area (Å²) in [7, 11) is 0. The van der Waals surface area contributed by atoms with E-state index in [0.29, 0.717) is 24.8 Å². The van der Waals surface area contributed by atoms with Gasteiger partial charge in [-0.05, 0) is 40.9 Å². The molecule has 1 unspecified atom stereocenters. The summed E-state index contributed by atoms with van der Waals surface area (Å²) < 4.78 is 19.7. The number of hydrogen-bond acceptors (Lipinski definition) is 3. The SMILES string of the molecule is CCOCC(Nc1ccc(C#N)c(Br)c1F)C(C)C. The zero-order chi connectivity index (χ0) is 14.4. The molecule has 0 saturated carbocycles. The van der Waals surface area contributed by atoms with Crippen molar-refractivity contribution in [2.75, 3.05) is 18.5 Å². The van der Waals surface area contributed by atoms with Crippen LogP contribution in [0, 0.1) is 23.1 Å². The lowest BCUT2D eigenvalue weighted by molar-refractivity contribution is 0.126. The lowest BCUT2D eigenvalue weighted by Gasteiger charge is -2.23. The number of hydrogen-bond donors (Lipinski definition) is 1. The first-order valence-corrected chi connectivity index (χ1v) is 7.02. The quantitative estimate of drug-likeness (QED) is 0.860. The van der Waals surface area contributed by atoms with Gasteiger partial charge < -0.3 is 10.1 Å². The molecule has 0 aliphatic heterocycles. The first-order valence-electron chi connectivity index (χ1n) is 6.23. The summed E-state index contributed by atoms with van der Waals surface area (Å²) in [6.45, 7) is 7.17. The van der Waals surface area contributed by atoms with Crippen LogP contribution >= 0.6 is 15.9 Å². The van der Waals surface area contributed by atoms with Crippen LogP contribution in [0.15, 0.2) is 16.6 Å². The van der Waals surface area contributed by atoms with Crippen LogP contribution < -0.4 is 5.32 Å². The summed E-state index contributed by atoms with van der Waals surface area (Å²) in [4.78, 5) is 0. The lowest BCUT2D eigenvalue weighted by Crippen LogP contribution is -2.31. The Morgan fingerprint density at radius 1 is 1.47 bits per heavy atom. The molecule has 1 aromatic carbocycles. The second-order valence-electron chi connectivity index (χ2n) is 4.55. The van der Waals surface area contributed by atoms with E-state index in [2.05, 4.69) is 21.2 Å². The fourth-order valence-electron chi connectivity index (χ4n) is 1.59. The third-order valence-electron chi connectivity index (χ3n) is 2.85. The zero-order valence-corrected chi connectivity index (χ0v) is 12.9. The minimum Gasteiger partial charge on any atom is -0.380 e. The third-order valence-corrected chi connectivity index (χ3v) is 3.63. The van der Waals surface area contributed by atoms with Gasteiger partial charge in [0.2, 0.25) is 0 Å². The minimum absolute atomic E-state index is 0.0225. The van der Waals surface area contributed by atoms with Gasteiger partial charge in [0, 0.05) is 6.61 Å². The Labute approximate surface area is 121 Å². The normalized spacial score (nSPS) is 12.3. The molecule has 5 heteroatoms. The molecule has 3 nitrogen and oxygen atoms in total. The summed E-state index contributed by atoms with van der Waals surface area (Å²) in [5.41, 5.74) is 0.665. The van der Waals surface area contributed by atoms with Crippen LogP contribution in [0.4, 0.5) is 10.1 Å². The van der Waals surface area contributed by atoms with Crippen molar-refractivity contribution in [3.8, 4) is 6.07 Å². The van der Waals surface area contributed by atoms with Crippen LogP contribution in [0.5, 0.6) is 0 Å². The number of nitriles is 1. The molecule has 0 saturated heterocycles. The number of nitrogens with one attached hydrogen (secondary N) is 1. The van der Waals surface area contributed by atoms with Crippen LogP contribution in [-0.4, -0.2) is 19.3 Å². The smallest absolute Gasteiger partial charge is 0.161 e. The molecule has 1 N–H and O–H groups in total. The third kappa shape index (κ3) is 4.19. The van der Waals surface area contributed by atoms with Crippen LogP contribution in [0.25, 0.3) is 0 Å². The lowest BCUT2D eigenvalue weighted by atomic mass is 10.0. The predicted molar refractivity (Wildman–Crippen MR) is 77.6 cm³/mol. The van der Waals surface area contributed by atoms with E-state index in [4.69, 9.17) is 10.00 Å². The van der Waals surface area contributed by atoms with Crippen molar-refractivity contribution in [1.82, 2.24) is 0 Å². The molecule has 1 atom stereocenters. The monoisotopic (exact) mass is 328 g/mol. The Morgan fingerprint density at radius 3 is 2.68 bits per heavy atom. The van der Waals surface area contributed by atoms with Crippen LogP contribution in [0.3, 0.4) is 0 Å². The van der Waals surface area contributed by atoms with Gasteiger partial charge >= 0.3 is 0 Å². The molecule has 0 amide bonds. The highest BCUT2D eigenvalue weighted by Gasteiger charge is 2.17. The Bertz CT molecular complexity index is 471. The Balaban J connectivity index is 2.91. The minimum atomic E-state index is -0.443. The van der Waals surface area contributed by atoms with Crippen LogP contribution in [0.2, 0.25) is 0 Å². The van der Waals surface area contributed by atoms with E-state index in [1.807, 2.05) is 26.8 Å². The average Bonchev–Trinajstić information content (AvgIpc) is 2.39. The number of benzene rings is 1. The maximum absolute atomic E-state index is 14.1. The van der Waals surface area contributed by atoms with Gasteiger partial charge in [-0.3, -0.25) is 0 Å². The van der Waals surface area contributed by atoms with Crippen molar-refractivity contribution < 1.29 is 9.13 Å². The molecule has 0 radical (unpaired) electrons. The van der Waals surface area contributed by atoms with Crippen molar-refractivity contribution in [2.45, 2.75) is 26.8 Å². The fourth-order valence-corrected chi connectivity index (χ4v) is 2.03. The molecular weight excluding hydrogens is 311 g/mol. The number of nitrogens with zero attached hydrogens (tertiary/aromatic N) is 1. The summed E-state index contributed by atoms with van der Waals surface area (Å²) in [5.74, 6) is -0.137. The van der Waals surface area contributed by atoms with E-state index >= 15 is 0 Å². The molecule has 0 bridgehead atoms. The Morgan fingerprint density at radius 2 is 2.16 bits per heavy atom. The van der Waals surface area contributed by atoms with Crippen LogP contribution in [-0.2, 0) is 4.74 Å². The molecule has 0 spiro atoms. The second kappa shape index (κ2) is 7.46. The summed E-state index contributed by atoms with van der Waals surface area (Å²) in [6.07, 6.45) is 0. The molecule has 0 aliphatic carbocycles. The summed E-state index contributed by atoms with van der Waals surface area (Å²) in [6, 6.07) is 5.13. The molecule has 0 heterocycles. The average molecular weight is 329 g/mol. The highest BCUT2D eigenvalue weighted by atomic mass is 79.9. The van der Waals surface area contributed by atoms with Gasteiger partial charge in [-0.25, -0.2) is 4.39 Å². The summed E-state index contributed by atoms with van der Waals surface area (Å²) in [5, 5.41) is 12.0. The predicted octanol–water partition coefficient (Wildman–Crippen LogP) is 3.93. The largest absolute Gasteiger partial charge is 0.380 e. The number of ether oxygens (including phenoxy) is 1. The fraction of sp³-hybridized carbons (Fsp3) is 0.500. The van der Waals surface area contributed by atoms with Gasteiger partial charge in [0.1, 0.15) is 6.07 Å². The van der Waals surface area contributed by atoms with Gasteiger partial charge in [0.25, 0.3) is 0 Å². The Kier molecular flexibility index (Phi) is 6.26. The van der Waals surface area contributed by atoms with E-state index in [0.717, 1.165) is 0 Å². The van der Waals surface area contributed by atoms with E-state index in [-0.39, 0.29) is 16.1 Å². The number of rotatable bonds is 6. The maximum Gasteiger partial charge on any atom is 0.161 e. The molecule has 0 aliphatic rings. The van der Waals surface area contributed by atoms with Gasteiger partial charge in [0.05, 0.1) is 28.4 Å². The van der Waals surface area contributed by atoms with E-state index in [9.17, 15) is 4.39 Å². The first kappa shape index (κ1) is 15.9. The van der Waals surface area contributed by atoms with Gasteiger partial charge in [-0.2, -0.15) is 5.26 Å². The van der Waals surface area contributed by atoms with Gasteiger partial charge in [0.15, 0.2) is 5.82 Å². The topological polar surface area (TPSA) is 45.0 Å². The Hall–Kier alpha value is -1.12. The van der Waals surface area contributed by atoms with Gasteiger partial charge in [-0.1, -0.05) is 13.8 Å². The van der Waals surface area contributed by atoms with Crippen molar-refractivity contribution in [3.05, 3.63) is 28.0 Å². The molecule has 0 fully saturated rings. The van der Waals surface area contributed by atoms with E-state index in [1.165, 1.54) is 0 Å². The standard InChI is InChI=1S/C14H18BrFN2O/c1-4-19-8-12(9(2)3)18-11-6-5-10(7-17)13(15)14(11)16/h5-6,9,12,18H,4,8H2,1-3H3. The number of anilines is 1. The van der Waals surface area contributed by atoms with Gasteiger partial charge in [-0.15, -0.1) is 0 Å². The van der Waals surface area contributed by atoms with E-state index in [1.54, 1.807) is 12.1 Å². The molecule has 19 heavy (non-hydrogen) atoms. The van der Waals surface area contributed by atoms with Crippen molar-refractivity contribution in [3.63, 3.8) is 0 Å². The summed E-state index contributed by atoms with van der Waals surface area (Å²) >= 11 is 3.10. The molecule has 1 aromatic rings. The molecular formula is C14H18BrFN2O. The van der Waals surface area contributed by atoms with E-state index < -0.39 is 5.82 Å². The van der Waals surface area contributed by atoms with Crippen molar-refractivity contribution in [2.24, 2.45) is 5.92 Å². The van der Waals surface area contributed by atoms with Crippen LogP contribution in [0.1, 0.15) is 26.3 Å². The molecule has 0 aromatic heterocycles.